The summed E-state index contributed by atoms with van der Waals surface area (Å²) in [5.74, 6) is 0.672. The summed E-state index contributed by atoms with van der Waals surface area (Å²) >= 11 is 11.8. The largest absolute Gasteiger partial charge is 0.497 e. The maximum absolute atomic E-state index is 12.3. The van der Waals surface area contributed by atoms with Crippen LogP contribution in [0.15, 0.2) is 42.5 Å². The number of rotatable bonds is 4. The van der Waals surface area contributed by atoms with Crippen LogP contribution in [0.2, 0.25) is 10.0 Å². The molecular formula is C18H17Cl2N3O3. The van der Waals surface area contributed by atoms with E-state index in [0.29, 0.717) is 22.3 Å². The van der Waals surface area contributed by atoms with Crippen LogP contribution in [-0.4, -0.2) is 31.6 Å². The zero-order chi connectivity index (χ0) is 18.7. The summed E-state index contributed by atoms with van der Waals surface area (Å²) < 4.78 is 5.12. The first kappa shape index (κ1) is 18.4. The van der Waals surface area contributed by atoms with Gasteiger partial charge in [0.25, 0.3) is 0 Å². The quantitative estimate of drug-likeness (QED) is 0.826. The summed E-state index contributed by atoms with van der Waals surface area (Å²) in [5, 5.41) is 6.25. The summed E-state index contributed by atoms with van der Waals surface area (Å²) in [7, 11) is 1.59. The molecule has 136 valence electrons. The minimum Gasteiger partial charge on any atom is -0.497 e. The highest BCUT2D eigenvalue weighted by atomic mass is 35.5. The van der Waals surface area contributed by atoms with E-state index in [1.54, 1.807) is 42.3 Å². The van der Waals surface area contributed by atoms with Gasteiger partial charge in [0.1, 0.15) is 5.75 Å². The van der Waals surface area contributed by atoms with Crippen LogP contribution in [0, 0.1) is 0 Å². The van der Waals surface area contributed by atoms with Gasteiger partial charge >= 0.3 is 6.03 Å². The van der Waals surface area contributed by atoms with Crippen molar-refractivity contribution in [2.45, 2.75) is 12.5 Å². The normalized spacial score (nSPS) is 16.5. The van der Waals surface area contributed by atoms with Crippen molar-refractivity contribution in [2.75, 3.05) is 23.9 Å². The number of hydrogen-bond donors (Lipinski definition) is 2. The average Bonchev–Trinajstić information content (AvgIpc) is 2.98. The third kappa shape index (κ3) is 4.20. The van der Waals surface area contributed by atoms with Crippen LogP contribution >= 0.6 is 23.2 Å². The van der Waals surface area contributed by atoms with Crippen LogP contribution in [-0.2, 0) is 4.79 Å². The van der Waals surface area contributed by atoms with Crippen molar-refractivity contribution in [3.05, 3.63) is 52.5 Å². The van der Waals surface area contributed by atoms with Crippen molar-refractivity contribution >= 4 is 46.5 Å². The first-order valence-electron chi connectivity index (χ1n) is 7.93. The summed E-state index contributed by atoms with van der Waals surface area (Å²) in [4.78, 5) is 26.0. The number of nitrogens with one attached hydrogen (secondary N) is 2. The zero-order valence-corrected chi connectivity index (χ0v) is 15.5. The van der Waals surface area contributed by atoms with Gasteiger partial charge in [-0.25, -0.2) is 4.79 Å². The van der Waals surface area contributed by atoms with Crippen molar-refractivity contribution < 1.29 is 14.3 Å². The topological polar surface area (TPSA) is 70.7 Å². The Kier molecular flexibility index (Phi) is 5.54. The molecule has 3 amide bonds. The van der Waals surface area contributed by atoms with Gasteiger partial charge in [-0.05, 0) is 42.5 Å². The second-order valence-corrected chi connectivity index (χ2v) is 6.65. The molecule has 1 aliphatic rings. The third-order valence-electron chi connectivity index (χ3n) is 4.02. The zero-order valence-electron chi connectivity index (χ0n) is 14.0. The molecule has 0 bridgehead atoms. The molecule has 2 aromatic rings. The standard InChI is InChI=1S/C18H17Cl2N3O3/c1-26-14-5-3-13(4-6-14)23-10-12(9-17(23)24)22-18(25)21-11-2-7-15(19)16(20)8-11/h2-8,12H,9-10H2,1H3,(H2,21,22,25)/t12-/m0/s1. The molecule has 26 heavy (non-hydrogen) atoms. The number of anilines is 2. The molecule has 3 rings (SSSR count). The molecule has 0 spiro atoms. The molecule has 0 radical (unpaired) electrons. The summed E-state index contributed by atoms with van der Waals surface area (Å²) in [6.45, 7) is 0.403. The molecule has 1 aliphatic heterocycles. The molecule has 6 nitrogen and oxygen atoms in total. The fourth-order valence-corrected chi connectivity index (χ4v) is 3.04. The third-order valence-corrected chi connectivity index (χ3v) is 4.76. The number of urea groups is 1. The smallest absolute Gasteiger partial charge is 0.319 e. The van der Waals surface area contributed by atoms with Crippen LogP contribution < -0.4 is 20.3 Å². The lowest BCUT2D eigenvalue weighted by molar-refractivity contribution is -0.117. The summed E-state index contributed by atoms with van der Waals surface area (Å²) in [6.07, 6.45) is 0.237. The van der Waals surface area contributed by atoms with E-state index in [1.165, 1.54) is 0 Å². The van der Waals surface area contributed by atoms with Crippen LogP contribution in [0.3, 0.4) is 0 Å². The van der Waals surface area contributed by atoms with Crippen molar-refractivity contribution in [3.8, 4) is 5.75 Å². The minimum absolute atomic E-state index is 0.0463. The number of amides is 3. The van der Waals surface area contributed by atoms with Gasteiger partial charge in [-0.15, -0.1) is 0 Å². The number of nitrogens with zero attached hydrogens (tertiary/aromatic N) is 1. The van der Waals surface area contributed by atoms with Crippen molar-refractivity contribution in [2.24, 2.45) is 0 Å². The van der Waals surface area contributed by atoms with E-state index in [0.717, 1.165) is 11.4 Å². The van der Waals surface area contributed by atoms with Crippen LogP contribution in [0.5, 0.6) is 5.75 Å². The Bertz CT molecular complexity index is 827. The van der Waals surface area contributed by atoms with E-state index in [1.807, 2.05) is 12.1 Å². The lowest BCUT2D eigenvalue weighted by Gasteiger charge is -2.18. The Balaban J connectivity index is 1.59. The first-order chi connectivity index (χ1) is 12.5. The van der Waals surface area contributed by atoms with Crippen LogP contribution in [0.1, 0.15) is 6.42 Å². The predicted octanol–water partition coefficient (Wildman–Crippen LogP) is 3.93. The fourth-order valence-electron chi connectivity index (χ4n) is 2.74. The Labute approximate surface area is 161 Å². The Morgan fingerprint density at radius 2 is 1.88 bits per heavy atom. The number of carbonyl (C=O) groups is 2. The molecule has 1 fully saturated rings. The molecule has 8 heteroatoms. The van der Waals surface area contributed by atoms with Crippen molar-refractivity contribution in [1.29, 1.82) is 0 Å². The molecule has 2 N–H and O–H groups in total. The average molecular weight is 394 g/mol. The number of halogens is 2. The van der Waals surface area contributed by atoms with Crippen molar-refractivity contribution in [1.82, 2.24) is 5.32 Å². The van der Waals surface area contributed by atoms with Gasteiger partial charge in [-0.3, -0.25) is 4.79 Å². The minimum atomic E-state index is -0.405. The SMILES string of the molecule is COc1ccc(N2C[C@@H](NC(=O)Nc3ccc(Cl)c(Cl)c3)CC2=O)cc1. The molecule has 0 unspecified atom stereocenters. The summed E-state index contributed by atoms with van der Waals surface area (Å²) in [6, 6.07) is 11.3. The van der Waals surface area contributed by atoms with E-state index in [2.05, 4.69) is 10.6 Å². The van der Waals surface area contributed by atoms with E-state index in [-0.39, 0.29) is 18.4 Å². The van der Waals surface area contributed by atoms with Gasteiger partial charge in [0.05, 0.1) is 23.2 Å². The number of hydrogen-bond acceptors (Lipinski definition) is 3. The maximum atomic E-state index is 12.3. The second kappa shape index (κ2) is 7.85. The highest BCUT2D eigenvalue weighted by Crippen LogP contribution is 2.26. The molecule has 0 saturated carbocycles. The van der Waals surface area contributed by atoms with E-state index in [4.69, 9.17) is 27.9 Å². The summed E-state index contributed by atoms with van der Waals surface area (Å²) in [5.41, 5.74) is 1.29. The molecule has 1 heterocycles. The number of ether oxygens (including phenoxy) is 1. The second-order valence-electron chi connectivity index (χ2n) is 5.83. The molecule has 0 aromatic heterocycles. The highest BCUT2D eigenvalue weighted by molar-refractivity contribution is 6.42. The lowest BCUT2D eigenvalue weighted by atomic mass is 10.2. The maximum Gasteiger partial charge on any atom is 0.319 e. The number of methoxy groups -OCH3 is 1. The monoisotopic (exact) mass is 393 g/mol. The fraction of sp³-hybridized carbons (Fsp3) is 0.222. The number of benzene rings is 2. The highest BCUT2D eigenvalue weighted by Gasteiger charge is 2.31. The molecule has 1 saturated heterocycles. The molecule has 2 aromatic carbocycles. The van der Waals surface area contributed by atoms with Gasteiger partial charge in [0, 0.05) is 24.3 Å². The van der Waals surface area contributed by atoms with Gasteiger partial charge in [-0.1, -0.05) is 23.2 Å². The number of carbonyl (C=O) groups excluding carboxylic acids is 2. The van der Waals surface area contributed by atoms with E-state index >= 15 is 0 Å². The van der Waals surface area contributed by atoms with Gasteiger partial charge in [0.2, 0.25) is 5.91 Å². The Hall–Kier alpha value is -2.44. The molecular weight excluding hydrogens is 377 g/mol. The van der Waals surface area contributed by atoms with Gasteiger partial charge in [-0.2, -0.15) is 0 Å². The lowest BCUT2D eigenvalue weighted by Crippen LogP contribution is -2.39. The van der Waals surface area contributed by atoms with Gasteiger partial charge in [0.15, 0.2) is 0 Å². The first-order valence-corrected chi connectivity index (χ1v) is 8.69. The van der Waals surface area contributed by atoms with Crippen LogP contribution in [0.25, 0.3) is 0 Å². The van der Waals surface area contributed by atoms with Crippen molar-refractivity contribution in [3.63, 3.8) is 0 Å². The molecule has 1 atom stereocenters. The van der Waals surface area contributed by atoms with Gasteiger partial charge < -0.3 is 20.3 Å². The van der Waals surface area contributed by atoms with E-state index in [9.17, 15) is 9.59 Å². The Morgan fingerprint density at radius 3 is 2.54 bits per heavy atom. The van der Waals surface area contributed by atoms with E-state index < -0.39 is 6.03 Å². The van der Waals surface area contributed by atoms with Crippen LogP contribution in [0.4, 0.5) is 16.2 Å². The predicted molar refractivity (Wildman–Crippen MR) is 102 cm³/mol. The Morgan fingerprint density at radius 1 is 1.15 bits per heavy atom. The molecule has 0 aliphatic carbocycles.